The number of nitrogens with one attached hydrogen (secondary N) is 1. The number of amides is 1. The molecule has 0 aliphatic heterocycles. The summed E-state index contributed by atoms with van der Waals surface area (Å²) in [7, 11) is 0. The van der Waals surface area contributed by atoms with Gasteiger partial charge in [-0.2, -0.15) is 0 Å². The van der Waals surface area contributed by atoms with Gasteiger partial charge in [0, 0.05) is 6.42 Å². The van der Waals surface area contributed by atoms with E-state index < -0.39 is 12.1 Å². The van der Waals surface area contributed by atoms with E-state index in [4.69, 9.17) is 0 Å². The molecule has 0 rings (SSSR count). The molecule has 0 aromatic carbocycles. The molecule has 2 unspecified atom stereocenters. The summed E-state index contributed by atoms with van der Waals surface area (Å²) in [6.45, 7) is 4.32. The number of rotatable bonds is 58. The Morgan fingerprint density at radius 2 is 0.600 bits per heavy atom. The number of carbonyl (C=O) groups is 1. The number of carbonyl (C=O) groups excluding carboxylic acids is 1. The summed E-state index contributed by atoms with van der Waals surface area (Å²) in [5.74, 6) is -0.0735. The zero-order valence-corrected chi connectivity index (χ0v) is 47.3. The number of aliphatic hydroxyl groups excluding tert-OH is 2. The zero-order valence-electron chi connectivity index (χ0n) is 47.3. The van der Waals surface area contributed by atoms with Crippen molar-refractivity contribution < 1.29 is 15.0 Å². The standard InChI is InChI=1S/C66H123NO3/c1-3-5-7-9-11-13-15-17-19-21-23-25-27-29-31-32-33-34-36-38-40-42-44-46-48-50-52-54-56-58-60-62-66(70)67-64(63-68)65(69)61-59-57-55-53-51-49-47-45-43-41-39-37-35-30-28-26-24-22-20-18-16-14-12-10-8-6-4-2/h15,17,21,23,43,45,51,53,59,61,64-65,68-69H,3-14,16,18-20,22,24-42,44,46-50,52,54-58,60,62-63H2,1-2H3,(H,67,70)/b17-15-,23-21-,45-43+,53-51+,61-59+. The molecule has 0 aliphatic rings. The molecule has 4 nitrogen and oxygen atoms in total. The second kappa shape index (κ2) is 61.4. The third kappa shape index (κ3) is 57.0. The Morgan fingerprint density at radius 3 is 0.914 bits per heavy atom. The van der Waals surface area contributed by atoms with E-state index >= 15 is 0 Å². The van der Waals surface area contributed by atoms with E-state index in [0.717, 1.165) is 44.9 Å². The fraction of sp³-hybridized carbons (Fsp3) is 0.833. The van der Waals surface area contributed by atoms with E-state index in [9.17, 15) is 15.0 Å². The number of allylic oxidation sites excluding steroid dienone is 9. The van der Waals surface area contributed by atoms with Gasteiger partial charge in [0.2, 0.25) is 5.91 Å². The van der Waals surface area contributed by atoms with Crippen molar-refractivity contribution in [3.63, 3.8) is 0 Å². The number of aliphatic hydroxyl groups is 2. The average Bonchev–Trinajstić information content (AvgIpc) is 3.36. The minimum absolute atomic E-state index is 0.0735. The summed E-state index contributed by atoms with van der Waals surface area (Å²) in [5, 5.41) is 23.2. The molecule has 3 N–H and O–H groups in total. The van der Waals surface area contributed by atoms with Gasteiger partial charge in [0.1, 0.15) is 0 Å². The summed E-state index contributed by atoms with van der Waals surface area (Å²) >= 11 is 0. The number of hydrogen-bond acceptors (Lipinski definition) is 3. The van der Waals surface area contributed by atoms with Gasteiger partial charge in [-0.05, 0) is 77.0 Å². The highest BCUT2D eigenvalue weighted by Crippen LogP contribution is 2.17. The van der Waals surface area contributed by atoms with Crippen LogP contribution in [0, 0.1) is 0 Å². The first kappa shape index (κ1) is 68.1. The summed E-state index contributed by atoms with van der Waals surface area (Å²) < 4.78 is 0. The van der Waals surface area contributed by atoms with Crippen LogP contribution in [0.15, 0.2) is 60.8 Å². The van der Waals surface area contributed by atoms with E-state index in [1.807, 2.05) is 6.08 Å². The highest BCUT2D eigenvalue weighted by molar-refractivity contribution is 5.76. The SMILES string of the molecule is CCCCCCC/C=C\C/C=C\CCCCCCCCCCCCCCCCCCCCCC(=O)NC(CO)C(O)/C=C/CC/C=C/CC/C=C/CCCCCCCCCCCCCCCCCCC. The van der Waals surface area contributed by atoms with Crippen LogP contribution < -0.4 is 5.32 Å². The average molecular weight is 979 g/mol. The van der Waals surface area contributed by atoms with Crippen molar-refractivity contribution in [1.82, 2.24) is 5.32 Å². The lowest BCUT2D eigenvalue weighted by molar-refractivity contribution is -0.123. The van der Waals surface area contributed by atoms with Crippen LogP contribution in [0.4, 0.5) is 0 Å². The van der Waals surface area contributed by atoms with E-state index in [2.05, 4.69) is 67.8 Å². The molecule has 0 bridgehead atoms. The first-order chi connectivity index (χ1) is 34.7. The van der Waals surface area contributed by atoms with Crippen LogP contribution in [-0.2, 0) is 4.79 Å². The van der Waals surface area contributed by atoms with E-state index in [-0.39, 0.29) is 12.5 Å². The molecule has 0 fully saturated rings. The van der Waals surface area contributed by atoms with E-state index in [1.165, 1.54) is 270 Å². The highest BCUT2D eigenvalue weighted by Gasteiger charge is 2.18. The molecule has 0 saturated heterocycles. The lowest BCUT2D eigenvalue weighted by Crippen LogP contribution is -2.45. The van der Waals surface area contributed by atoms with Gasteiger partial charge in [0.25, 0.3) is 0 Å². The molecule has 410 valence electrons. The molecule has 0 saturated carbocycles. The van der Waals surface area contributed by atoms with Gasteiger partial charge in [0.05, 0.1) is 18.8 Å². The smallest absolute Gasteiger partial charge is 0.220 e. The van der Waals surface area contributed by atoms with Crippen LogP contribution in [0.5, 0.6) is 0 Å². The van der Waals surface area contributed by atoms with Gasteiger partial charge in [-0.25, -0.2) is 0 Å². The van der Waals surface area contributed by atoms with E-state index in [0.29, 0.717) is 6.42 Å². The minimum Gasteiger partial charge on any atom is -0.394 e. The molecule has 2 atom stereocenters. The second-order valence-electron chi connectivity index (χ2n) is 21.5. The molecular weight excluding hydrogens is 855 g/mol. The molecule has 1 amide bonds. The fourth-order valence-electron chi connectivity index (χ4n) is 9.66. The van der Waals surface area contributed by atoms with Crippen LogP contribution in [0.1, 0.15) is 335 Å². The summed E-state index contributed by atoms with van der Waals surface area (Å²) in [4.78, 5) is 12.5. The maximum atomic E-state index is 12.5. The van der Waals surface area contributed by atoms with Crippen LogP contribution in [0.3, 0.4) is 0 Å². The molecular formula is C66H123NO3. The Bertz CT molecular complexity index is 1150. The molecule has 0 heterocycles. The molecule has 0 aromatic rings. The second-order valence-corrected chi connectivity index (χ2v) is 21.5. The van der Waals surface area contributed by atoms with Crippen LogP contribution in [0.25, 0.3) is 0 Å². The first-order valence-electron chi connectivity index (χ1n) is 31.5. The third-order valence-electron chi connectivity index (χ3n) is 14.5. The van der Waals surface area contributed by atoms with E-state index in [1.54, 1.807) is 6.08 Å². The van der Waals surface area contributed by atoms with Crippen molar-refractivity contribution in [1.29, 1.82) is 0 Å². The van der Waals surface area contributed by atoms with Crippen molar-refractivity contribution in [3.8, 4) is 0 Å². The van der Waals surface area contributed by atoms with Gasteiger partial charge in [0.15, 0.2) is 0 Å². The Labute approximate surface area is 438 Å². The zero-order chi connectivity index (χ0) is 50.6. The van der Waals surface area contributed by atoms with Gasteiger partial charge in [-0.3, -0.25) is 4.79 Å². The molecule has 0 aliphatic carbocycles. The van der Waals surface area contributed by atoms with Crippen molar-refractivity contribution in [3.05, 3.63) is 60.8 Å². The monoisotopic (exact) mass is 978 g/mol. The normalized spacial score (nSPS) is 13.1. The van der Waals surface area contributed by atoms with Crippen molar-refractivity contribution in [2.24, 2.45) is 0 Å². The van der Waals surface area contributed by atoms with Gasteiger partial charge in [-0.1, -0.05) is 312 Å². The maximum Gasteiger partial charge on any atom is 0.220 e. The van der Waals surface area contributed by atoms with Gasteiger partial charge >= 0.3 is 0 Å². The van der Waals surface area contributed by atoms with Crippen LogP contribution in [0.2, 0.25) is 0 Å². The number of hydrogen-bond donors (Lipinski definition) is 3. The topological polar surface area (TPSA) is 69.6 Å². The summed E-state index contributed by atoms with van der Waals surface area (Å²) in [6, 6.07) is -0.648. The van der Waals surface area contributed by atoms with Gasteiger partial charge < -0.3 is 15.5 Å². The minimum atomic E-state index is -0.872. The lowest BCUT2D eigenvalue weighted by Gasteiger charge is -2.19. The van der Waals surface area contributed by atoms with Crippen molar-refractivity contribution >= 4 is 5.91 Å². The first-order valence-corrected chi connectivity index (χ1v) is 31.5. The van der Waals surface area contributed by atoms with Crippen molar-refractivity contribution in [2.75, 3.05) is 6.61 Å². The molecule has 0 radical (unpaired) electrons. The van der Waals surface area contributed by atoms with Gasteiger partial charge in [-0.15, -0.1) is 0 Å². The Kier molecular flexibility index (Phi) is 59.7. The summed E-state index contributed by atoms with van der Waals surface area (Å²) in [6.07, 6.45) is 87.0. The Hall–Kier alpha value is -1.91. The summed E-state index contributed by atoms with van der Waals surface area (Å²) in [5.41, 5.74) is 0. The molecule has 0 aromatic heterocycles. The molecule has 70 heavy (non-hydrogen) atoms. The Balaban J connectivity index is 3.51. The lowest BCUT2D eigenvalue weighted by atomic mass is 10.0. The maximum absolute atomic E-state index is 12.5. The highest BCUT2D eigenvalue weighted by atomic mass is 16.3. The quantitative estimate of drug-likeness (QED) is 0.0420. The van der Waals surface area contributed by atoms with Crippen LogP contribution >= 0.6 is 0 Å². The Morgan fingerprint density at radius 1 is 0.343 bits per heavy atom. The predicted octanol–water partition coefficient (Wildman–Crippen LogP) is 21.2. The third-order valence-corrected chi connectivity index (χ3v) is 14.5. The number of unbranched alkanes of at least 4 members (excludes halogenated alkanes) is 43. The molecule has 4 heteroatoms. The van der Waals surface area contributed by atoms with Crippen LogP contribution in [-0.4, -0.2) is 34.9 Å². The molecule has 0 spiro atoms. The predicted molar refractivity (Wildman–Crippen MR) is 313 cm³/mol. The fourth-order valence-corrected chi connectivity index (χ4v) is 9.66. The largest absolute Gasteiger partial charge is 0.394 e. The van der Waals surface area contributed by atoms with Crippen molar-refractivity contribution in [2.45, 2.75) is 347 Å².